The number of nitrogens with one attached hydrogen (secondary N) is 1. The van der Waals surface area contributed by atoms with Gasteiger partial charge < -0.3 is 15.1 Å². The Balaban J connectivity index is 0.00000196. The predicted molar refractivity (Wildman–Crippen MR) is 117 cm³/mol. The molecule has 0 atom stereocenters. The average Bonchev–Trinajstić information content (AvgIpc) is 3.20. The molecule has 2 aliphatic rings. The monoisotopic (exact) mass is 462 g/mol. The van der Waals surface area contributed by atoms with Crippen LogP contribution in [0.5, 0.6) is 0 Å². The van der Waals surface area contributed by atoms with Crippen LogP contribution in [-0.4, -0.2) is 38.5 Å². The first-order chi connectivity index (χ1) is 12.3. The van der Waals surface area contributed by atoms with Crippen LogP contribution in [0.3, 0.4) is 0 Å². The van der Waals surface area contributed by atoms with Gasteiger partial charge in [-0.2, -0.15) is 0 Å². The van der Waals surface area contributed by atoms with Crippen LogP contribution in [0.2, 0.25) is 0 Å². The summed E-state index contributed by atoms with van der Waals surface area (Å²) in [6.07, 6.45) is 1.54. The number of amides is 1. The zero-order valence-electron chi connectivity index (χ0n) is 14.8. The van der Waals surface area contributed by atoms with Crippen LogP contribution in [0.25, 0.3) is 0 Å². The van der Waals surface area contributed by atoms with Gasteiger partial charge in [0.25, 0.3) is 0 Å². The summed E-state index contributed by atoms with van der Waals surface area (Å²) < 4.78 is 0. The highest BCUT2D eigenvalue weighted by molar-refractivity contribution is 14.0. The van der Waals surface area contributed by atoms with E-state index in [9.17, 15) is 4.79 Å². The first kappa shape index (κ1) is 18.7. The van der Waals surface area contributed by atoms with E-state index in [0.717, 1.165) is 30.2 Å². The van der Waals surface area contributed by atoms with E-state index in [1.165, 1.54) is 11.3 Å². The molecule has 2 aliphatic heterocycles. The van der Waals surface area contributed by atoms with Crippen molar-refractivity contribution in [1.82, 2.24) is 5.32 Å². The minimum Gasteiger partial charge on any atom is -0.354 e. The zero-order valence-corrected chi connectivity index (χ0v) is 17.1. The third-order valence-corrected chi connectivity index (χ3v) is 4.90. The fourth-order valence-corrected chi connectivity index (χ4v) is 3.69. The second-order valence-electron chi connectivity index (χ2n) is 6.36. The highest BCUT2D eigenvalue weighted by Gasteiger charge is 2.27. The summed E-state index contributed by atoms with van der Waals surface area (Å²) in [6, 6.07) is 16.5. The van der Waals surface area contributed by atoms with E-state index in [1.807, 2.05) is 29.2 Å². The normalized spacial score (nSPS) is 15.6. The van der Waals surface area contributed by atoms with Gasteiger partial charge in [0.2, 0.25) is 5.91 Å². The van der Waals surface area contributed by atoms with E-state index in [-0.39, 0.29) is 29.9 Å². The van der Waals surface area contributed by atoms with Gasteiger partial charge in [-0.3, -0.25) is 9.79 Å². The fraction of sp³-hybridized carbons (Fsp3) is 0.300. The number of carbonyl (C=O) groups excluding carboxylic acids is 1. The van der Waals surface area contributed by atoms with E-state index in [0.29, 0.717) is 19.5 Å². The molecule has 0 spiro atoms. The van der Waals surface area contributed by atoms with Crippen molar-refractivity contribution in [2.75, 3.05) is 36.5 Å². The molecule has 4 rings (SSSR count). The highest BCUT2D eigenvalue weighted by Crippen LogP contribution is 2.28. The zero-order chi connectivity index (χ0) is 17.2. The van der Waals surface area contributed by atoms with E-state index < -0.39 is 0 Å². The van der Waals surface area contributed by atoms with Crippen LogP contribution in [0.1, 0.15) is 11.1 Å². The first-order valence-corrected chi connectivity index (χ1v) is 8.72. The number of nitrogens with zero attached hydrogens (tertiary/aromatic N) is 3. The van der Waals surface area contributed by atoms with Crippen molar-refractivity contribution in [2.24, 2.45) is 4.99 Å². The summed E-state index contributed by atoms with van der Waals surface area (Å²) in [5.74, 6) is 1.04. The van der Waals surface area contributed by atoms with Crippen LogP contribution < -0.4 is 15.1 Å². The number of halogens is 1. The largest absolute Gasteiger partial charge is 0.354 e. The van der Waals surface area contributed by atoms with Crippen LogP contribution in [-0.2, 0) is 17.6 Å². The Hall–Kier alpha value is -2.09. The number of carbonyl (C=O) groups is 1. The maximum absolute atomic E-state index is 12.3. The molecule has 6 heteroatoms. The second-order valence-corrected chi connectivity index (χ2v) is 6.36. The Kier molecular flexibility index (Phi) is 5.80. The van der Waals surface area contributed by atoms with Crippen LogP contribution in [0, 0.1) is 0 Å². The molecule has 0 aromatic heterocycles. The van der Waals surface area contributed by atoms with E-state index in [4.69, 9.17) is 0 Å². The minimum absolute atomic E-state index is 0. The standard InChI is InChI=1S/C20H22N4O.HI/c1-21-20(24-12-10-15-6-2-4-8-17(15)24)22-11-13-23-18-9-5-3-7-16(18)14-19(23)25;/h2-9H,10-14H2,1H3,(H,21,22);1H. The molecule has 1 amide bonds. The summed E-state index contributed by atoms with van der Waals surface area (Å²) in [5, 5.41) is 3.41. The van der Waals surface area contributed by atoms with Crippen molar-refractivity contribution in [3.8, 4) is 0 Å². The van der Waals surface area contributed by atoms with Crippen LogP contribution in [0.15, 0.2) is 53.5 Å². The van der Waals surface area contributed by atoms with Crippen LogP contribution in [0.4, 0.5) is 11.4 Å². The number of rotatable bonds is 3. The number of hydrogen-bond donors (Lipinski definition) is 1. The molecule has 5 nitrogen and oxygen atoms in total. The number of fused-ring (bicyclic) bond motifs is 2. The van der Waals surface area contributed by atoms with Gasteiger partial charge in [-0.05, 0) is 29.7 Å². The fourth-order valence-electron chi connectivity index (χ4n) is 3.69. The molecule has 0 saturated heterocycles. The van der Waals surface area contributed by atoms with Gasteiger partial charge >= 0.3 is 0 Å². The highest BCUT2D eigenvalue weighted by atomic mass is 127. The maximum atomic E-state index is 12.3. The smallest absolute Gasteiger partial charge is 0.231 e. The Morgan fingerprint density at radius 2 is 1.77 bits per heavy atom. The molecule has 0 bridgehead atoms. The summed E-state index contributed by atoms with van der Waals surface area (Å²) in [5.41, 5.74) is 4.73. The topological polar surface area (TPSA) is 47.9 Å². The van der Waals surface area contributed by atoms with E-state index in [2.05, 4.69) is 39.5 Å². The number of para-hydroxylation sites is 2. The number of anilines is 2. The lowest BCUT2D eigenvalue weighted by molar-refractivity contribution is -0.117. The van der Waals surface area contributed by atoms with Gasteiger partial charge in [-0.15, -0.1) is 24.0 Å². The van der Waals surface area contributed by atoms with Crippen molar-refractivity contribution in [1.29, 1.82) is 0 Å². The molecule has 2 aromatic rings. The van der Waals surface area contributed by atoms with Crippen molar-refractivity contribution < 1.29 is 4.79 Å². The first-order valence-electron chi connectivity index (χ1n) is 8.72. The second kappa shape index (κ2) is 8.07. The number of hydrogen-bond acceptors (Lipinski definition) is 2. The molecule has 26 heavy (non-hydrogen) atoms. The van der Waals surface area contributed by atoms with E-state index in [1.54, 1.807) is 7.05 Å². The Morgan fingerprint density at radius 3 is 2.54 bits per heavy atom. The van der Waals surface area contributed by atoms with Crippen molar-refractivity contribution >= 4 is 47.2 Å². The number of benzene rings is 2. The molecule has 0 unspecified atom stereocenters. The quantitative estimate of drug-likeness (QED) is 0.434. The van der Waals surface area contributed by atoms with E-state index >= 15 is 0 Å². The van der Waals surface area contributed by atoms with Crippen LogP contribution >= 0.6 is 24.0 Å². The molecule has 0 radical (unpaired) electrons. The lowest BCUT2D eigenvalue weighted by atomic mass is 10.2. The average molecular weight is 462 g/mol. The third kappa shape index (κ3) is 3.42. The van der Waals surface area contributed by atoms with Crippen molar-refractivity contribution in [2.45, 2.75) is 12.8 Å². The Labute approximate surface area is 171 Å². The van der Waals surface area contributed by atoms with Gasteiger partial charge in [0.15, 0.2) is 5.96 Å². The number of guanidine groups is 1. The van der Waals surface area contributed by atoms with Crippen molar-refractivity contribution in [3.63, 3.8) is 0 Å². The SMILES string of the molecule is CN=C(NCCN1C(=O)Cc2ccccc21)N1CCc2ccccc21.I. The summed E-state index contributed by atoms with van der Waals surface area (Å²) >= 11 is 0. The molecular formula is C20H23IN4O. The van der Waals surface area contributed by atoms with Crippen molar-refractivity contribution in [3.05, 3.63) is 59.7 Å². The summed E-state index contributed by atoms with van der Waals surface area (Å²) in [7, 11) is 1.81. The number of aliphatic imine (C=N–C) groups is 1. The van der Waals surface area contributed by atoms with Gasteiger partial charge in [0.1, 0.15) is 0 Å². The lowest BCUT2D eigenvalue weighted by Gasteiger charge is -2.24. The maximum Gasteiger partial charge on any atom is 0.231 e. The van der Waals surface area contributed by atoms with Gasteiger partial charge in [0, 0.05) is 38.1 Å². The lowest BCUT2D eigenvalue weighted by Crippen LogP contribution is -2.44. The molecule has 0 aliphatic carbocycles. The van der Waals surface area contributed by atoms with Gasteiger partial charge in [0.05, 0.1) is 6.42 Å². The predicted octanol–water partition coefficient (Wildman–Crippen LogP) is 2.83. The minimum atomic E-state index is 0. The summed E-state index contributed by atoms with van der Waals surface area (Å²) in [4.78, 5) is 20.8. The van der Waals surface area contributed by atoms with Gasteiger partial charge in [-0.25, -0.2) is 0 Å². The molecule has 2 aromatic carbocycles. The molecule has 1 N–H and O–H groups in total. The summed E-state index contributed by atoms with van der Waals surface area (Å²) in [6.45, 7) is 2.25. The molecule has 0 fully saturated rings. The Bertz CT molecular complexity index is 836. The molecule has 136 valence electrons. The Morgan fingerprint density at radius 1 is 1.08 bits per heavy atom. The molecule has 0 saturated carbocycles. The molecular weight excluding hydrogens is 439 g/mol. The van der Waals surface area contributed by atoms with Gasteiger partial charge in [-0.1, -0.05) is 36.4 Å². The molecule has 2 heterocycles. The third-order valence-electron chi connectivity index (χ3n) is 4.90.